The molecule has 0 radical (unpaired) electrons. The van der Waals surface area contributed by atoms with Crippen molar-refractivity contribution in [1.29, 1.82) is 0 Å². The number of nitrogens with one attached hydrogen (secondary N) is 1. The van der Waals surface area contributed by atoms with E-state index in [0.29, 0.717) is 12.6 Å². The molecular formula is C14H21NO3. The van der Waals surface area contributed by atoms with Gasteiger partial charge in [-0.2, -0.15) is 0 Å². The van der Waals surface area contributed by atoms with Crippen LogP contribution in [0.3, 0.4) is 0 Å². The molecule has 3 aliphatic heterocycles. The summed E-state index contributed by atoms with van der Waals surface area (Å²) in [5, 5.41) is 3.53. The molecule has 0 aromatic carbocycles. The van der Waals surface area contributed by atoms with E-state index in [0.717, 1.165) is 19.4 Å². The van der Waals surface area contributed by atoms with Crippen molar-refractivity contribution in [2.45, 2.75) is 44.4 Å². The summed E-state index contributed by atoms with van der Waals surface area (Å²) >= 11 is 0. The molecule has 0 saturated carbocycles. The Kier molecular flexibility index (Phi) is 2.94. The molecule has 3 aliphatic rings. The molecule has 0 aliphatic carbocycles. The van der Waals surface area contributed by atoms with Gasteiger partial charge in [-0.15, -0.1) is 0 Å². The van der Waals surface area contributed by atoms with E-state index in [4.69, 9.17) is 9.47 Å². The highest BCUT2D eigenvalue weighted by Crippen LogP contribution is 2.51. The van der Waals surface area contributed by atoms with Gasteiger partial charge in [-0.05, 0) is 19.8 Å². The van der Waals surface area contributed by atoms with Crippen LogP contribution in [0.1, 0.15) is 26.7 Å². The van der Waals surface area contributed by atoms with E-state index in [1.807, 2.05) is 6.92 Å². The van der Waals surface area contributed by atoms with Gasteiger partial charge >= 0.3 is 5.97 Å². The molecule has 0 aromatic heterocycles. The summed E-state index contributed by atoms with van der Waals surface area (Å²) in [7, 11) is 0. The molecule has 2 bridgehead atoms. The molecule has 0 unspecified atom stereocenters. The summed E-state index contributed by atoms with van der Waals surface area (Å²) in [6.07, 6.45) is 6.22. The summed E-state index contributed by atoms with van der Waals surface area (Å²) in [4.78, 5) is 12.1. The Balaban J connectivity index is 1.82. The first-order valence-corrected chi connectivity index (χ1v) is 6.97. The predicted molar refractivity (Wildman–Crippen MR) is 67.1 cm³/mol. The van der Waals surface area contributed by atoms with E-state index in [2.05, 4.69) is 24.4 Å². The first kappa shape index (κ1) is 12.2. The highest BCUT2D eigenvalue weighted by molar-refractivity contribution is 5.75. The molecule has 2 saturated heterocycles. The molecule has 100 valence electrons. The van der Waals surface area contributed by atoms with E-state index in [9.17, 15) is 4.79 Å². The number of hydrogen-bond acceptors (Lipinski definition) is 4. The minimum atomic E-state index is -0.214. The zero-order valence-corrected chi connectivity index (χ0v) is 11.0. The lowest BCUT2D eigenvalue weighted by molar-refractivity contribution is -0.150. The van der Waals surface area contributed by atoms with E-state index in [1.54, 1.807) is 0 Å². The largest absolute Gasteiger partial charge is 0.466 e. The van der Waals surface area contributed by atoms with E-state index >= 15 is 0 Å². The van der Waals surface area contributed by atoms with Gasteiger partial charge in [0.15, 0.2) is 0 Å². The van der Waals surface area contributed by atoms with Gasteiger partial charge in [0.05, 0.1) is 24.2 Å². The fourth-order valence-corrected chi connectivity index (χ4v) is 3.67. The Labute approximate surface area is 108 Å². The van der Waals surface area contributed by atoms with Crippen molar-refractivity contribution in [2.75, 3.05) is 13.2 Å². The van der Waals surface area contributed by atoms with Crippen molar-refractivity contribution in [1.82, 2.24) is 5.32 Å². The maximum atomic E-state index is 12.1. The fraction of sp³-hybridized carbons (Fsp3) is 0.786. The van der Waals surface area contributed by atoms with Crippen molar-refractivity contribution in [3.63, 3.8) is 0 Å². The lowest BCUT2D eigenvalue weighted by atomic mass is 9.70. The Bertz CT molecular complexity index is 381. The Morgan fingerprint density at radius 3 is 3.11 bits per heavy atom. The molecule has 18 heavy (non-hydrogen) atoms. The molecule has 0 amide bonds. The molecule has 2 fully saturated rings. The van der Waals surface area contributed by atoms with Crippen molar-refractivity contribution in [2.24, 2.45) is 11.8 Å². The monoisotopic (exact) mass is 251 g/mol. The van der Waals surface area contributed by atoms with Gasteiger partial charge in [0, 0.05) is 18.5 Å². The van der Waals surface area contributed by atoms with Crippen molar-refractivity contribution >= 4 is 5.97 Å². The summed E-state index contributed by atoms with van der Waals surface area (Å²) < 4.78 is 11.3. The second kappa shape index (κ2) is 4.35. The topological polar surface area (TPSA) is 47.6 Å². The van der Waals surface area contributed by atoms with Gasteiger partial charge in [-0.1, -0.05) is 19.1 Å². The lowest BCUT2D eigenvalue weighted by Crippen LogP contribution is -2.54. The van der Waals surface area contributed by atoms with Crippen molar-refractivity contribution < 1.29 is 14.3 Å². The zero-order chi connectivity index (χ0) is 12.8. The summed E-state index contributed by atoms with van der Waals surface area (Å²) in [6.45, 7) is 5.33. The molecule has 3 heterocycles. The Hall–Kier alpha value is -0.870. The summed E-state index contributed by atoms with van der Waals surface area (Å²) in [5.74, 6) is 0.00470. The molecule has 4 heteroatoms. The molecule has 5 atom stereocenters. The van der Waals surface area contributed by atoms with Gasteiger partial charge in [0.25, 0.3) is 0 Å². The molecular weight excluding hydrogens is 230 g/mol. The highest BCUT2D eigenvalue weighted by atomic mass is 16.5. The van der Waals surface area contributed by atoms with Crippen LogP contribution in [0.25, 0.3) is 0 Å². The average molecular weight is 251 g/mol. The second-order valence-electron chi connectivity index (χ2n) is 5.50. The zero-order valence-electron chi connectivity index (χ0n) is 11.0. The van der Waals surface area contributed by atoms with Crippen LogP contribution in [0.4, 0.5) is 0 Å². The van der Waals surface area contributed by atoms with Crippen LogP contribution in [0, 0.1) is 11.8 Å². The van der Waals surface area contributed by atoms with Crippen LogP contribution in [0.5, 0.6) is 0 Å². The number of hydrogen-bond donors (Lipinski definition) is 1. The Morgan fingerprint density at radius 2 is 2.39 bits per heavy atom. The molecule has 0 aromatic rings. The SMILES string of the molecule is CCOC(=O)[C@@H]1[C@H]2CN[C@H](CC)C[C@]23C=C[C@H]1O3. The van der Waals surface area contributed by atoms with Crippen LogP contribution < -0.4 is 5.32 Å². The van der Waals surface area contributed by atoms with Gasteiger partial charge in [-0.3, -0.25) is 4.79 Å². The third kappa shape index (κ3) is 1.62. The van der Waals surface area contributed by atoms with Crippen molar-refractivity contribution in [3.05, 3.63) is 12.2 Å². The number of esters is 1. The minimum Gasteiger partial charge on any atom is -0.466 e. The molecule has 3 rings (SSSR count). The van der Waals surface area contributed by atoms with Crippen LogP contribution in [-0.4, -0.2) is 36.9 Å². The number of piperidine rings is 1. The summed E-state index contributed by atoms with van der Waals surface area (Å²) in [5.41, 5.74) is -0.214. The quantitative estimate of drug-likeness (QED) is 0.606. The highest BCUT2D eigenvalue weighted by Gasteiger charge is 2.60. The second-order valence-corrected chi connectivity index (χ2v) is 5.50. The number of carbonyl (C=O) groups is 1. The first-order valence-electron chi connectivity index (χ1n) is 6.97. The minimum absolute atomic E-state index is 0.0774. The van der Waals surface area contributed by atoms with Gasteiger partial charge in [0.1, 0.15) is 0 Å². The number of carbonyl (C=O) groups excluding carboxylic acids is 1. The van der Waals surface area contributed by atoms with Crippen LogP contribution >= 0.6 is 0 Å². The maximum absolute atomic E-state index is 12.1. The van der Waals surface area contributed by atoms with Crippen LogP contribution in [0.15, 0.2) is 12.2 Å². The van der Waals surface area contributed by atoms with Crippen LogP contribution in [-0.2, 0) is 14.3 Å². The number of fused-ring (bicyclic) bond motifs is 1. The number of rotatable bonds is 3. The summed E-state index contributed by atoms with van der Waals surface area (Å²) in [6, 6.07) is 0.491. The van der Waals surface area contributed by atoms with E-state index in [1.165, 1.54) is 0 Å². The third-order valence-corrected chi connectivity index (χ3v) is 4.58. The van der Waals surface area contributed by atoms with E-state index in [-0.39, 0.29) is 29.5 Å². The smallest absolute Gasteiger partial charge is 0.312 e. The van der Waals surface area contributed by atoms with Crippen LogP contribution in [0.2, 0.25) is 0 Å². The fourth-order valence-electron chi connectivity index (χ4n) is 3.67. The normalized spacial score (nSPS) is 45.0. The molecule has 4 nitrogen and oxygen atoms in total. The molecule has 1 N–H and O–H groups in total. The van der Waals surface area contributed by atoms with Gasteiger partial charge in [0.2, 0.25) is 0 Å². The average Bonchev–Trinajstić information content (AvgIpc) is 2.91. The standard InChI is InChI=1S/C14H21NO3/c1-3-9-7-14-6-5-11(18-14)12(10(14)8-15-9)13(16)17-4-2/h5-6,9-12,15H,3-4,7-8H2,1-2H3/t9-,10-,11-,12-,14-/m1/s1. The van der Waals surface area contributed by atoms with E-state index < -0.39 is 0 Å². The van der Waals surface area contributed by atoms with Gasteiger partial charge in [-0.25, -0.2) is 0 Å². The van der Waals surface area contributed by atoms with Crippen molar-refractivity contribution in [3.8, 4) is 0 Å². The predicted octanol–water partition coefficient (Wildman–Crippen LogP) is 1.26. The Morgan fingerprint density at radius 1 is 1.56 bits per heavy atom. The third-order valence-electron chi connectivity index (χ3n) is 4.58. The lowest BCUT2D eigenvalue weighted by Gasteiger charge is -2.41. The van der Waals surface area contributed by atoms with Gasteiger partial charge < -0.3 is 14.8 Å². The first-order chi connectivity index (χ1) is 8.70. The molecule has 1 spiro atoms. The number of ether oxygens (including phenoxy) is 2. The maximum Gasteiger partial charge on any atom is 0.312 e.